The highest BCUT2D eigenvalue weighted by molar-refractivity contribution is 6.30. The van der Waals surface area contributed by atoms with Gasteiger partial charge in [0.15, 0.2) is 0 Å². The van der Waals surface area contributed by atoms with Crippen LogP contribution in [0.3, 0.4) is 0 Å². The van der Waals surface area contributed by atoms with E-state index < -0.39 is 6.61 Å². The minimum Gasteiger partial charge on any atom is -0.434 e. The van der Waals surface area contributed by atoms with Crippen molar-refractivity contribution in [2.24, 2.45) is 5.73 Å². The first-order valence-electron chi connectivity index (χ1n) is 6.77. The summed E-state index contributed by atoms with van der Waals surface area (Å²) in [6, 6.07) is 5.33. The summed E-state index contributed by atoms with van der Waals surface area (Å²) in [6.45, 7) is -2.37. The molecular weight excluding hydrogens is 286 g/mol. The Balaban J connectivity index is 1.95. The van der Waals surface area contributed by atoms with Crippen LogP contribution in [0.4, 0.5) is 8.78 Å². The first-order valence-corrected chi connectivity index (χ1v) is 7.14. The maximum atomic E-state index is 12.3. The monoisotopic (exact) mass is 304 g/mol. The summed E-state index contributed by atoms with van der Waals surface area (Å²) in [5.41, 5.74) is 6.50. The SMILES string of the molecule is NC1CCC(NCc2cc(Cl)ccc2OC(F)F)CC1. The topological polar surface area (TPSA) is 47.3 Å². The normalized spacial score (nSPS) is 23.1. The van der Waals surface area contributed by atoms with Gasteiger partial charge in [0.2, 0.25) is 0 Å². The molecule has 0 radical (unpaired) electrons. The van der Waals surface area contributed by atoms with Gasteiger partial charge in [-0.2, -0.15) is 8.78 Å². The summed E-state index contributed by atoms with van der Waals surface area (Å²) in [7, 11) is 0. The lowest BCUT2D eigenvalue weighted by Crippen LogP contribution is -2.37. The minimum absolute atomic E-state index is 0.171. The number of ether oxygens (including phenoxy) is 1. The molecule has 0 heterocycles. The second kappa shape index (κ2) is 7.20. The van der Waals surface area contributed by atoms with Gasteiger partial charge in [0, 0.05) is 29.2 Å². The third-order valence-electron chi connectivity index (χ3n) is 3.59. The van der Waals surface area contributed by atoms with Gasteiger partial charge in [-0.1, -0.05) is 11.6 Å². The van der Waals surface area contributed by atoms with E-state index in [1.165, 1.54) is 6.07 Å². The van der Waals surface area contributed by atoms with Crippen LogP contribution in [0.2, 0.25) is 5.02 Å². The van der Waals surface area contributed by atoms with Crippen molar-refractivity contribution in [2.45, 2.75) is 50.9 Å². The minimum atomic E-state index is -2.83. The Morgan fingerprint density at radius 1 is 1.30 bits per heavy atom. The molecule has 0 saturated heterocycles. The van der Waals surface area contributed by atoms with Crippen molar-refractivity contribution in [3.8, 4) is 5.75 Å². The van der Waals surface area contributed by atoms with Crippen molar-refractivity contribution in [1.29, 1.82) is 0 Å². The van der Waals surface area contributed by atoms with E-state index in [0.717, 1.165) is 25.7 Å². The molecule has 1 aromatic carbocycles. The molecule has 0 spiro atoms. The molecular formula is C14H19ClF2N2O. The summed E-state index contributed by atoms with van der Waals surface area (Å²) in [6.07, 6.45) is 4.00. The summed E-state index contributed by atoms with van der Waals surface area (Å²) < 4.78 is 29.2. The first-order chi connectivity index (χ1) is 9.54. The van der Waals surface area contributed by atoms with Gasteiger partial charge in [-0.3, -0.25) is 0 Å². The molecule has 0 aromatic heterocycles. The summed E-state index contributed by atoms with van der Waals surface area (Å²) in [4.78, 5) is 0. The van der Waals surface area contributed by atoms with Crippen LogP contribution in [0.15, 0.2) is 18.2 Å². The van der Waals surface area contributed by atoms with E-state index in [1.54, 1.807) is 12.1 Å². The van der Waals surface area contributed by atoms with Gasteiger partial charge in [-0.05, 0) is 43.9 Å². The highest BCUT2D eigenvalue weighted by Gasteiger charge is 2.18. The second-order valence-electron chi connectivity index (χ2n) is 5.12. The Labute approximate surface area is 122 Å². The molecule has 112 valence electrons. The van der Waals surface area contributed by atoms with Crippen LogP contribution in [-0.4, -0.2) is 18.7 Å². The van der Waals surface area contributed by atoms with E-state index in [4.69, 9.17) is 17.3 Å². The van der Waals surface area contributed by atoms with Crippen LogP contribution < -0.4 is 15.8 Å². The molecule has 20 heavy (non-hydrogen) atoms. The van der Waals surface area contributed by atoms with Gasteiger partial charge < -0.3 is 15.8 Å². The van der Waals surface area contributed by atoms with Crippen molar-refractivity contribution >= 4 is 11.6 Å². The van der Waals surface area contributed by atoms with Crippen LogP contribution in [0, 0.1) is 0 Å². The Morgan fingerprint density at radius 3 is 2.65 bits per heavy atom. The fourth-order valence-corrected chi connectivity index (χ4v) is 2.67. The third-order valence-corrected chi connectivity index (χ3v) is 3.83. The van der Waals surface area contributed by atoms with Crippen molar-refractivity contribution in [3.05, 3.63) is 28.8 Å². The zero-order valence-corrected chi connectivity index (χ0v) is 11.9. The smallest absolute Gasteiger partial charge is 0.387 e. The lowest BCUT2D eigenvalue weighted by molar-refractivity contribution is -0.0505. The zero-order chi connectivity index (χ0) is 14.5. The predicted octanol–water partition coefficient (Wildman–Crippen LogP) is 3.30. The number of alkyl halides is 2. The molecule has 3 N–H and O–H groups in total. The molecule has 6 heteroatoms. The van der Waals surface area contributed by atoms with Crippen molar-refractivity contribution < 1.29 is 13.5 Å². The quantitative estimate of drug-likeness (QED) is 0.877. The van der Waals surface area contributed by atoms with E-state index in [1.807, 2.05) is 0 Å². The van der Waals surface area contributed by atoms with Crippen LogP contribution in [0.5, 0.6) is 5.75 Å². The largest absolute Gasteiger partial charge is 0.434 e. The maximum absolute atomic E-state index is 12.3. The zero-order valence-electron chi connectivity index (χ0n) is 11.1. The third kappa shape index (κ3) is 4.58. The molecule has 1 aliphatic carbocycles. The van der Waals surface area contributed by atoms with E-state index in [-0.39, 0.29) is 11.8 Å². The predicted molar refractivity (Wildman–Crippen MR) is 75.2 cm³/mol. The average Bonchev–Trinajstić information content (AvgIpc) is 2.40. The lowest BCUT2D eigenvalue weighted by atomic mass is 9.92. The average molecular weight is 305 g/mol. The van der Waals surface area contributed by atoms with E-state index in [0.29, 0.717) is 23.2 Å². The molecule has 1 fully saturated rings. The van der Waals surface area contributed by atoms with Crippen molar-refractivity contribution in [3.63, 3.8) is 0 Å². The molecule has 3 nitrogen and oxygen atoms in total. The number of nitrogens with one attached hydrogen (secondary N) is 1. The molecule has 1 aromatic rings. The summed E-state index contributed by atoms with van der Waals surface area (Å²) >= 11 is 5.91. The fraction of sp³-hybridized carbons (Fsp3) is 0.571. The second-order valence-corrected chi connectivity index (χ2v) is 5.56. The van der Waals surface area contributed by atoms with Crippen LogP contribution in [-0.2, 0) is 6.54 Å². The molecule has 1 saturated carbocycles. The van der Waals surface area contributed by atoms with Gasteiger partial charge in [0.05, 0.1) is 0 Å². The van der Waals surface area contributed by atoms with E-state index >= 15 is 0 Å². The molecule has 2 rings (SSSR count). The number of rotatable bonds is 5. The van der Waals surface area contributed by atoms with Crippen LogP contribution in [0.1, 0.15) is 31.2 Å². The number of halogens is 3. The molecule has 0 atom stereocenters. The fourth-order valence-electron chi connectivity index (χ4n) is 2.47. The van der Waals surface area contributed by atoms with Gasteiger partial charge in [-0.15, -0.1) is 0 Å². The molecule has 1 aliphatic rings. The molecule has 0 bridgehead atoms. The van der Waals surface area contributed by atoms with Gasteiger partial charge in [0.1, 0.15) is 5.75 Å². The molecule has 0 aliphatic heterocycles. The first kappa shape index (κ1) is 15.5. The van der Waals surface area contributed by atoms with Crippen molar-refractivity contribution in [1.82, 2.24) is 5.32 Å². The highest BCUT2D eigenvalue weighted by atomic mass is 35.5. The van der Waals surface area contributed by atoms with Crippen LogP contribution in [0.25, 0.3) is 0 Å². The summed E-state index contributed by atoms with van der Waals surface area (Å²) in [5, 5.41) is 3.87. The van der Waals surface area contributed by atoms with E-state index in [2.05, 4.69) is 10.1 Å². The van der Waals surface area contributed by atoms with Gasteiger partial charge in [0.25, 0.3) is 0 Å². The van der Waals surface area contributed by atoms with Gasteiger partial charge in [-0.25, -0.2) is 0 Å². The highest BCUT2D eigenvalue weighted by Crippen LogP contribution is 2.25. The standard InChI is InChI=1S/C14H19ClF2N2O/c15-10-1-6-13(20-14(16)17)9(7-10)8-19-12-4-2-11(18)3-5-12/h1,6-7,11-12,14,19H,2-5,8,18H2. The molecule has 0 amide bonds. The van der Waals surface area contributed by atoms with Gasteiger partial charge >= 0.3 is 6.61 Å². The number of benzene rings is 1. The Kier molecular flexibility index (Phi) is 5.57. The number of hydrogen-bond acceptors (Lipinski definition) is 3. The van der Waals surface area contributed by atoms with Crippen LogP contribution >= 0.6 is 11.6 Å². The molecule has 0 unspecified atom stereocenters. The Hall–Kier alpha value is -0.910. The Morgan fingerprint density at radius 2 is 2.00 bits per heavy atom. The Bertz CT molecular complexity index is 437. The lowest BCUT2D eigenvalue weighted by Gasteiger charge is -2.27. The summed E-state index contributed by atoms with van der Waals surface area (Å²) in [5.74, 6) is 0.171. The number of nitrogens with two attached hydrogens (primary N) is 1. The van der Waals surface area contributed by atoms with E-state index in [9.17, 15) is 8.78 Å². The number of hydrogen-bond donors (Lipinski definition) is 2. The van der Waals surface area contributed by atoms with Crippen molar-refractivity contribution in [2.75, 3.05) is 0 Å². The maximum Gasteiger partial charge on any atom is 0.387 e.